The monoisotopic (exact) mass is 267 g/mol. The van der Waals surface area contributed by atoms with E-state index in [1.165, 1.54) is 0 Å². The molecule has 0 N–H and O–H groups in total. The van der Waals surface area contributed by atoms with Crippen molar-refractivity contribution < 1.29 is 4.52 Å². The molecule has 0 amide bonds. The summed E-state index contributed by atoms with van der Waals surface area (Å²) >= 11 is 0. The van der Waals surface area contributed by atoms with Gasteiger partial charge < -0.3 is 4.52 Å². The molecule has 0 aliphatic rings. The fourth-order valence-corrected chi connectivity index (χ4v) is 2.06. The van der Waals surface area contributed by atoms with Crippen LogP contribution in [0.25, 0.3) is 0 Å². The Morgan fingerprint density at radius 1 is 1.05 bits per heavy atom. The van der Waals surface area contributed by atoms with Gasteiger partial charge in [-0.3, -0.25) is 4.90 Å². The van der Waals surface area contributed by atoms with Gasteiger partial charge in [-0.05, 0) is 11.8 Å². The molecule has 0 aromatic carbocycles. The lowest BCUT2D eigenvalue weighted by molar-refractivity contribution is 0.204. The van der Waals surface area contributed by atoms with Crippen LogP contribution in [-0.2, 0) is 12.0 Å². The van der Waals surface area contributed by atoms with Gasteiger partial charge in [-0.15, -0.1) is 0 Å². The second-order valence-corrected chi connectivity index (χ2v) is 7.25. The van der Waals surface area contributed by atoms with E-state index in [-0.39, 0.29) is 5.41 Å². The van der Waals surface area contributed by atoms with Crippen molar-refractivity contribution in [2.75, 3.05) is 13.1 Å². The highest BCUT2D eigenvalue weighted by Crippen LogP contribution is 2.20. The Bertz CT molecular complexity index is 367. The Labute approximate surface area is 117 Å². The summed E-state index contributed by atoms with van der Waals surface area (Å²) < 4.78 is 5.35. The van der Waals surface area contributed by atoms with Crippen molar-refractivity contribution in [1.29, 1.82) is 0 Å². The molecular weight excluding hydrogens is 238 g/mol. The van der Waals surface area contributed by atoms with Crippen LogP contribution >= 0.6 is 0 Å². The minimum atomic E-state index is -0.0772. The van der Waals surface area contributed by atoms with Crippen LogP contribution in [0.15, 0.2) is 4.52 Å². The van der Waals surface area contributed by atoms with E-state index >= 15 is 0 Å². The predicted molar refractivity (Wildman–Crippen MR) is 78.0 cm³/mol. The van der Waals surface area contributed by atoms with E-state index in [4.69, 9.17) is 4.52 Å². The smallest absolute Gasteiger partial charge is 0.232 e. The van der Waals surface area contributed by atoms with E-state index in [0.717, 1.165) is 31.3 Å². The molecule has 4 nitrogen and oxygen atoms in total. The Hall–Kier alpha value is -0.900. The molecule has 1 aromatic heterocycles. The summed E-state index contributed by atoms with van der Waals surface area (Å²) in [5, 5.41) is 4.11. The first-order chi connectivity index (χ1) is 8.68. The molecule has 1 aromatic rings. The highest BCUT2D eigenvalue weighted by Gasteiger charge is 2.22. The first-order valence-corrected chi connectivity index (χ1v) is 7.24. The lowest BCUT2D eigenvalue weighted by Crippen LogP contribution is -2.31. The topological polar surface area (TPSA) is 42.2 Å². The zero-order valence-electron chi connectivity index (χ0n) is 13.5. The summed E-state index contributed by atoms with van der Waals surface area (Å²) in [5.74, 6) is 2.81. The van der Waals surface area contributed by atoms with Crippen molar-refractivity contribution in [3.63, 3.8) is 0 Å². The van der Waals surface area contributed by atoms with E-state index in [9.17, 15) is 0 Å². The highest BCUT2D eigenvalue weighted by atomic mass is 16.5. The number of hydrogen-bond donors (Lipinski definition) is 0. The number of aromatic nitrogens is 2. The first-order valence-electron chi connectivity index (χ1n) is 7.24. The van der Waals surface area contributed by atoms with Crippen LogP contribution in [0.5, 0.6) is 0 Å². The van der Waals surface area contributed by atoms with Gasteiger partial charge in [0.2, 0.25) is 5.89 Å². The van der Waals surface area contributed by atoms with Crippen LogP contribution in [0.2, 0.25) is 0 Å². The predicted octanol–water partition coefficient (Wildman–Crippen LogP) is 3.48. The molecular formula is C15H29N3O. The van der Waals surface area contributed by atoms with Gasteiger partial charge in [0.15, 0.2) is 5.82 Å². The number of hydrogen-bond acceptors (Lipinski definition) is 4. The van der Waals surface area contributed by atoms with Crippen molar-refractivity contribution in [2.24, 2.45) is 11.8 Å². The van der Waals surface area contributed by atoms with E-state index in [0.29, 0.717) is 11.8 Å². The van der Waals surface area contributed by atoms with Gasteiger partial charge in [0.25, 0.3) is 0 Å². The number of rotatable bonds is 6. The van der Waals surface area contributed by atoms with Crippen LogP contribution in [0, 0.1) is 11.8 Å². The molecule has 110 valence electrons. The summed E-state index contributed by atoms with van der Waals surface area (Å²) in [4.78, 5) is 6.93. The Morgan fingerprint density at radius 3 is 1.95 bits per heavy atom. The summed E-state index contributed by atoms with van der Waals surface area (Å²) in [7, 11) is 0. The minimum absolute atomic E-state index is 0.0772. The molecule has 0 bridgehead atoms. The van der Waals surface area contributed by atoms with Crippen molar-refractivity contribution in [3.05, 3.63) is 11.7 Å². The molecule has 0 unspecified atom stereocenters. The molecule has 0 fully saturated rings. The fourth-order valence-electron chi connectivity index (χ4n) is 2.06. The summed E-state index contributed by atoms with van der Waals surface area (Å²) in [6, 6.07) is 0. The Morgan fingerprint density at radius 2 is 1.58 bits per heavy atom. The molecule has 0 saturated carbocycles. The second kappa shape index (κ2) is 6.51. The zero-order valence-corrected chi connectivity index (χ0v) is 13.5. The molecule has 0 saturated heterocycles. The molecule has 0 radical (unpaired) electrons. The Balaban J connectivity index is 2.70. The largest absolute Gasteiger partial charge is 0.339 e. The quantitative estimate of drug-likeness (QED) is 0.791. The van der Waals surface area contributed by atoms with E-state index in [1.54, 1.807) is 0 Å². The van der Waals surface area contributed by atoms with Crippen LogP contribution in [0.3, 0.4) is 0 Å². The molecule has 19 heavy (non-hydrogen) atoms. The average molecular weight is 267 g/mol. The van der Waals surface area contributed by atoms with Crippen LogP contribution in [0.4, 0.5) is 0 Å². The van der Waals surface area contributed by atoms with E-state index < -0.39 is 0 Å². The van der Waals surface area contributed by atoms with Crippen LogP contribution in [-0.4, -0.2) is 28.1 Å². The normalized spacial score (nSPS) is 12.9. The Kier molecular flexibility index (Phi) is 5.53. The average Bonchev–Trinajstić information content (AvgIpc) is 2.62. The van der Waals surface area contributed by atoms with Crippen molar-refractivity contribution in [3.8, 4) is 0 Å². The molecule has 0 aliphatic heterocycles. The minimum Gasteiger partial charge on any atom is -0.339 e. The van der Waals surface area contributed by atoms with Crippen molar-refractivity contribution in [2.45, 2.75) is 60.4 Å². The summed E-state index contributed by atoms with van der Waals surface area (Å²) in [5.41, 5.74) is -0.0772. The molecule has 0 atom stereocenters. The van der Waals surface area contributed by atoms with Gasteiger partial charge in [-0.1, -0.05) is 53.6 Å². The third-order valence-corrected chi connectivity index (χ3v) is 2.72. The standard InChI is InChI=1S/C15H29N3O/c1-11(2)8-18(9-12(3)4)10-13-16-14(19-17-13)15(5,6)7/h11-12H,8-10H2,1-7H3. The molecule has 1 heterocycles. The van der Waals surface area contributed by atoms with Gasteiger partial charge >= 0.3 is 0 Å². The van der Waals surface area contributed by atoms with Crippen molar-refractivity contribution >= 4 is 0 Å². The summed E-state index contributed by atoms with van der Waals surface area (Å²) in [6.45, 7) is 18.1. The number of nitrogens with zero attached hydrogens (tertiary/aromatic N) is 3. The van der Waals surface area contributed by atoms with Gasteiger partial charge in [0.1, 0.15) is 0 Å². The lowest BCUT2D eigenvalue weighted by Gasteiger charge is -2.24. The molecule has 0 aliphatic carbocycles. The zero-order chi connectivity index (χ0) is 14.6. The van der Waals surface area contributed by atoms with Gasteiger partial charge in [0.05, 0.1) is 6.54 Å². The molecule has 4 heteroatoms. The van der Waals surface area contributed by atoms with Gasteiger partial charge in [-0.25, -0.2) is 0 Å². The van der Waals surface area contributed by atoms with Gasteiger partial charge in [-0.2, -0.15) is 4.98 Å². The third-order valence-electron chi connectivity index (χ3n) is 2.72. The SMILES string of the molecule is CC(C)CN(Cc1noc(C(C)(C)C)n1)CC(C)C. The van der Waals surface area contributed by atoms with Gasteiger partial charge in [0, 0.05) is 18.5 Å². The fraction of sp³-hybridized carbons (Fsp3) is 0.867. The van der Waals surface area contributed by atoms with Crippen LogP contribution in [0.1, 0.15) is 60.2 Å². The van der Waals surface area contributed by atoms with E-state index in [1.807, 2.05) is 0 Å². The second-order valence-electron chi connectivity index (χ2n) is 7.25. The maximum absolute atomic E-state index is 5.35. The lowest BCUT2D eigenvalue weighted by atomic mass is 9.97. The maximum atomic E-state index is 5.35. The van der Waals surface area contributed by atoms with Crippen LogP contribution < -0.4 is 0 Å². The first kappa shape index (κ1) is 16.2. The summed E-state index contributed by atoms with van der Waals surface area (Å²) in [6.07, 6.45) is 0. The third kappa shape index (κ3) is 5.72. The van der Waals surface area contributed by atoms with Crippen molar-refractivity contribution in [1.82, 2.24) is 15.0 Å². The molecule has 1 rings (SSSR count). The molecule has 0 spiro atoms. The van der Waals surface area contributed by atoms with E-state index in [2.05, 4.69) is 63.5 Å². The maximum Gasteiger partial charge on any atom is 0.232 e. The highest BCUT2D eigenvalue weighted by molar-refractivity contribution is 4.98.